The Morgan fingerprint density at radius 3 is 1.97 bits per heavy atom. The van der Waals surface area contributed by atoms with Crippen LogP contribution in [0.3, 0.4) is 0 Å². The number of anilines is 1. The summed E-state index contributed by atoms with van der Waals surface area (Å²) < 4.78 is 38.3. The first-order valence-electron chi connectivity index (χ1n) is 11.2. The maximum atomic E-state index is 12.6. The first-order valence-corrected chi connectivity index (χ1v) is 12.7. The molecule has 0 bridgehead atoms. The van der Waals surface area contributed by atoms with Gasteiger partial charge in [0.25, 0.3) is 10.0 Å². The number of carbonyl (C=O) groups excluding carboxylic acids is 2. The third kappa shape index (κ3) is 9.22. The molecule has 0 heterocycles. The Bertz CT molecular complexity index is 1090. The van der Waals surface area contributed by atoms with Crippen LogP contribution in [0.2, 0.25) is 0 Å². The lowest BCUT2D eigenvalue weighted by atomic mass is 10.1. The molecule has 0 aliphatic carbocycles. The van der Waals surface area contributed by atoms with E-state index in [2.05, 4.69) is 4.72 Å². The summed E-state index contributed by atoms with van der Waals surface area (Å²) in [6.45, 7) is 9.88. The molecule has 10 heteroatoms. The van der Waals surface area contributed by atoms with Crippen LogP contribution in [0.25, 0.3) is 0 Å². The van der Waals surface area contributed by atoms with Crippen LogP contribution in [0, 0.1) is 0 Å². The van der Waals surface area contributed by atoms with E-state index in [-0.39, 0.29) is 23.5 Å². The lowest BCUT2D eigenvalue weighted by Gasteiger charge is -2.29. The molecule has 0 aliphatic rings. The topological polar surface area (TPSA) is 122 Å². The van der Waals surface area contributed by atoms with Crippen molar-refractivity contribution in [1.82, 2.24) is 4.90 Å². The van der Waals surface area contributed by atoms with Gasteiger partial charge in [-0.2, -0.15) is 0 Å². The van der Waals surface area contributed by atoms with Gasteiger partial charge in [-0.25, -0.2) is 22.9 Å². The Balaban J connectivity index is 2.15. The smallest absolute Gasteiger partial charge is 0.419 e. The van der Waals surface area contributed by atoms with Crippen molar-refractivity contribution in [2.75, 3.05) is 11.3 Å². The number of sulfonamides is 1. The number of hydrogen-bond acceptors (Lipinski definition) is 7. The van der Waals surface area contributed by atoms with Gasteiger partial charge in [-0.3, -0.25) is 4.72 Å². The number of imide groups is 1. The molecule has 2 amide bonds. The molecule has 0 saturated heterocycles. The third-order valence-corrected chi connectivity index (χ3v) is 5.83. The highest BCUT2D eigenvalue weighted by atomic mass is 32.2. The summed E-state index contributed by atoms with van der Waals surface area (Å²) in [5, 5.41) is 10.7. The Morgan fingerprint density at radius 1 is 0.914 bits per heavy atom. The minimum absolute atomic E-state index is 0.0205. The van der Waals surface area contributed by atoms with Gasteiger partial charge in [-0.15, -0.1) is 0 Å². The molecule has 2 aromatic rings. The van der Waals surface area contributed by atoms with Crippen LogP contribution in [0.15, 0.2) is 59.5 Å². The molecule has 0 spiro atoms. The number of benzene rings is 2. The average molecular weight is 507 g/mol. The van der Waals surface area contributed by atoms with Gasteiger partial charge >= 0.3 is 12.2 Å². The van der Waals surface area contributed by atoms with Gasteiger partial charge in [0.05, 0.1) is 11.0 Å². The molecule has 0 aliphatic heterocycles. The minimum atomic E-state index is -3.80. The van der Waals surface area contributed by atoms with E-state index in [0.717, 1.165) is 4.90 Å². The SMILES string of the molecule is CC(C)(C)OC(=O)N(CCC(O)c1cccc(NS(=O)(=O)c2ccccc2)c1)C(=O)OC(C)(C)C. The molecule has 2 N–H and O–H groups in total. The lowest BCUT2D eigenvalue weighted by molar-refractivity contribution is -0.000911. The van der Waals surface area contributed by atoms with Crippen LogP contribution in [0.1, 0.15) is 59.6 Å². The number of ether oxygens (including phenoxy) is 2. The normalized spacial score (nSPS) is 13.0. The maximum absolute atomic E-state index is 12.6. The van der Waals surface area contributed by atoms with Gasteiger partial charge in [0.2, 0.25) is 0 Å². The molecule has 192 valence electrons. The molecule has 0 aromatic heterocycles. The summed E-state index contributed by atoms with van der Waals surface area (Å²) in [5.41, 5.74) is -0.992. The van der Waals surface area contributed by atoms with Crippen molar-refractivity contribution in [2.24, 2.45) is 0 Å². The molecule has 2 aromatic carbocycles. The number of aliphatic hydroxyl groups is 1. The summed E-state index contributed by atoms with van der Waals surface area (Å²) in [7, 11) is -3.80. The summed E-state index contributed by atoms with van der Waals surface area (Å²) in [4.78, 5) is 26.2. The van der Waals surface area contributed by atoms with E-state index in [9.17, 15) is 23.1 Å². The van der Waals surface area contributed by atoms with Gasteiger partial charge < -0.3 is 14.6 Å². The number of carbonyl (C=O) groups is 2. The van der Waals surface area contributed by atoms with Crippen LogP contribution in [0.5, 0.6) is 0 Å². The fraction of sp³-hybridized carbons (Fsp3) is 0.440. The Kier molecular flexibility index (Phi) is 8.91. The van der Waals surface area contributed by atoms with Crippen molar-refractivity contribution >= 4 is 27.9 Å². The number of amides is 2. The number of nitrogens with one attached hydrogen (secondary N) is 1. The zero-order chi connectivity index (χ0) is 26.4. The van der Waals surface area contributed by atoms with Crippen LogP contribution < -0.4 is 4.72 Å². The lowest BCUT2D eigenvalue weighted by Crippen LogP contribution is -2.44. The van der Waals surface area contributed by atoms with Gasteiger partial charge in [-0.05, 0) is 77.8 Å². The van der Waals surface area contributed by atoms with Crippen molar-refractivity contribution in [1.29, 1.82) is 0 Å². The minimum Gasteiger partial charge on any atom is -0.443 e. The van der Waals surface area contributed by atoms with Crippen molar-refractivity contribution in [2.45, 2.75) is 70.2 Å². The molecule has 1 atom stereocenters. The Morgan fingerprint density at radius 2 is 1.46 bits per heavy atom. The average Bonchev–Trinajstić information content (AvgIpc) is 2.71. The van der Waals surface area contributed by atoms with E-state index < -0.39 is 39.5 Å². The molecule has 35 heavy (non-hydrogen) atoms. The first kappa shape index (κ1) is 28.1. The van der Waals surface area contributed by atoms with Crippen LogP contribution in [0.4, 0.5) is 15.3 Å². The van der Waals surface area contributed by atoms with E-state index in [1.165, 1.54) is 18.2 Å². The molecule has 9 nitrogen and oxygen atoms in total. The predicted molar refractivity (Wildman–Crippen MR) is 132 cm³/mol. The third-order valence-electron chi connectivity index (χ3n) is 4.43. The molecule has 2 rings (SSSR count). The highest BCUT2D eigenvalue weighted by molar-refractivity contribution is 7.92. The zero-order valence-electron chi connectivity index (χ0n) is 20.9. The fourth-order valence-electron chi connectivity index (χ4n) is 2.93. The zero-order valence-corrected chi connectivity index (χ0v) is 21.8. The predicted octanol–water partition coefficient (Wildman–Crippen LogP) is 5.08. The quantitative estimate of drug-likeness (QED) is 0.537. The monoisotopic (exact) mass is 506 g/mol. The highest BCUT2D eigenvalue weighted by Crippen LogP contribution is 2.24. The first-order chi connectivity index (χ1) is 16.1. The second-order valence-electron chi connectivity index (χ2n) is 9.96. The van der Waals surface area contributed by atoms with Crippen molar-refractivity contribution in [3.63, 3.8) is 0 Å². The van der Waals surface area contributed by atoms with E-state index in [1.54, 1.807) is 77.9 Å². The number of hydrogen-bond donors (Lipinski definition) is 2. The molecule has 0 saturated carbocycles. The number of rotatable bonds is 7. The summed E-state index contributed by atoms with van der Waals surface area (Å²) in [6.07, 6.45) is -2.89. The number of aliphatic hydroxyl groups excluding tert-OH is 1. The van der Waals surface area contributed by atoms with Crippen LogP contribution in [-0.4, -0.2) is 48.4 Å². The number of nitrogens with zero attached hydrogens (tertiary/aromatic N) is 1. The van der Waals surface area contributed by atoms with Crippen molar-refractivity contribution in [3.05, 3.63) is 60.2 Å². The maximum Gasteiger partial charge on any atom is 0.419 e. The van der Waals surface area contributed by atoms with Crippen LogP contribution >= 0.6 is 0 Å². The molecular weight excluding hydrogens is 472 g/mol. The molecule has 1 unspecified atom stereocenters. The van der Waals surface area contributed by atoms with Crippen molar-refractivity contribution in [3.8, 4) is 0 Å². The Hall–Kier alpha value is -3.11. The molecule has 0 radical (unpaired) electrons. The van der Waals surface area contributed by atoms with Crippen molar-refractivity contribution < 1.29 is 32.6 Å². The van der Waals surface area contributed by atoms with Gasteiger partial charge in [0, 0.05) is 12.2 Å². The summed E-state index contributed by atoms with van der Waals surface area (Å²) >= 11 is 0. The largest absolute Gasteiger partial charge is 0.443 e. The van der Waals surface area contributed by atoms with E-state index in [0.29, 0.717) is 5.56 Å². The van der Waals surface area contributed by atoms with Crippen LogP contribution in [-0.2, 0) is 19.5 Å². The Labute approximate surface area is 207 Å². The van der Waals surface area contributed by atoms with Gasteiger partial charge in [0.1, 0.15) is 11.2 Å². The van der Waals surface area contributed by atoms with Gasteiger partial charge in [-0.1, -0.05) is 30.3 Å². The second kappa shape index (κ2) is 11.1. The standard InChI is InChI=1S/C25H34N2O7S/c1-24(2,3)33-22(29)27(23(30)34-25(4,5)6)16-15-21(28)18-11-10-12-19(17-18)26-35(31,32)20-13-8-7-9-14-20/h7-14,17,21,26,28H,15-16H2,1-6H3. The summed E-state index contributed by atoms with van der Waals surface area (Å²) in [6, 6.07) is 14.2. The highest BCUT2D eigenvalue weighted by Gasteiger charge is 2.31. The molecule has 0 fully saturated rings. The van der Waals surface area contributed by atoms with E-state index in [4.69, 9.17) is 9.47 Å². The van der Waals surface area contributed by atoms with Gasteiger partial charge in [0.15, 0.2) is 0 Å². The fourth-order valence-corrected chi connectivity index (χ4v) is 4.00. The van der Waals surface area contributed by atoms with E-state index >= 15 is 0 Å². The second-order valence-corrected chi connectivity index (χ2v) is 11.6. The molecular formula is C25H34N2O7S. The summed E-state index contributed by atoms with van der Waals surface area (Å²) in [5.74, 6) is 0. The van der Waals surface area contributed by atoms with E-state index in [1.807, 2.05) is 0 Å².